The second-order valence-electron chi connectivity index (χ2n) is 10.3. The van der Waals surface area contributed by atoms with Crippen LogP contribution < -0.4 is 15.2 Å². The fourth-order valence-corrected chi connectivity index (χ4v) is 3.54. The summed E-state index contributed by atoms with van der Waals surface area (Å²) in [4.78, 5) is 48.3. The number of benzene rings is 1. The topological polar surface area (TPSA) is 161 Å². The van der Waals surface area contributed by atoms with Crippen molar-refractivity contribution in [3.63, 3.8) is 0 Å². The van der Waals surface area contributed by atoms with E-state index in [1.807, 2.05) is 34.6 Å². The van der Waals surface area contributed by atoms with Gasteiger partial charge in [-0.15, -0.1) is 0 Å². The van der Waals surface area contributed by atoms with Crippen LogP contribution in [0.15, 0.2) is 18.2 Å². The van der Waals surface area contributed by atoms with Gasteiger partial charge in [0.25, 0.3) is 0 Å². The number of rotatable bonds is 16. The zero-order chi connectivity index (χ0) is 29.5. The minimum Gasteiger partial charge on any atom is -0.480 e. The van der Waals surface area contributed by atoms with Gasteiger partial charge in [-0.1, -0.05) is 47.6 Å². The smallest absolute Gasteiger partial charge is 0.480 e. The number of hydrogen-bond acceptors (Lipinski definition) is 10. The van der Waals surface area contributed by atoms with Gasteiger partial charge in [0.1, 0.15) is 6.04 Å². The van der Waals surface area contributed by atoms with E-state index in [0.29, 0.717) is 36.7 Å². The first-order valence-electron chi connectivity index (χ1n) is 13.3. The monoisotopic (exact) mass is 553 g/mol. The molecular weight excluding hydrogens is 510 g/mol. The molecule has 1 aromatic rings. The molecule has 11 heteroatoms. The van der Waals surface area contributed by atoms with Crippen LogP contribution in [0.5, 0.6) is 11.5 Å². The summed E-state index contributed by atoms with van der Waals surface area (Å²) in [6.45, 7) is 11.6. The Morgan fingerprint density at radius 2 is 1.38 bits per heavy atom. The summed E-state index contributed by atoms with van der Waals surface area (Å²) in [6.07, 6.45) is 0.0847. The first kappa shape index (κ1) is 33.7. The molecule has 0 saturated heterocycles. The van der Waals surface area contributed by atoms with Crippen LogP contribution in [0.4, 0.5) is 9.59 Å². The van der Waals surface area contributed by atoms with Crippen LogP contribution >= 0.6 is 0 Å². The Balaban J connectivity index is 3.27. The molecule has 0 aromatic heterocycles. The van der Waals surface area contributed by atoms with Crippen molar-refractivity contribution in [1.29, 1.82) is 0 Å². The van der Waals surface area contributed by atoms with Crippen molar-refractivity contribution in [1.82, 2.24) is 0 Å². The van der Waals surface area contributed by atoms with E-state index in [0.717, 1.165) is 0 Å². The third-order valence-electron chi connectivity index (χ3n) is 5.82. The highest BCUT2D eigenvalue weighted by Gasteiger charge is 2.33. The third kappa shape index (κ3) is 12.8. The van der Waals surface area contributed by atoms with Crippen LogP contribution in [0.2, 0.25) is 0 Å². The largest absolute Gasteiger partial charge is 0.513 e. The summed E-state index contributed by atoms with van der Waals surface area (Å²) in [5, 5.41) is 9.65. The molecule has 1 rings (SSSR count). The zero-order valence-corrected chi connectivity index (χ0v) is 23.8. The number of carbonyl (C=O) groups excluding carboxylic acids is 3. The maximum Gasteiger partial charge on any atom is 0.513 e. The van der Waals surface area contributed by atoms with Crippen molar-refractivity contribution in [3.05, 3.63) is 23.8 Å². The van der Waals surface area contributed by atoms with Gasteiger partial charge in [0.05, 0.1) is 19.8 Å². The molecule has 0 spiro atoms. The number of carboxylic acid groups (broad SMARTS) is 1. The minimum atomic E-state index is -1.37. The first-order chi connectivity index (χ1) is 18.3. The van der Waals surface area contributed by atoms with Gasteiger partial charge in [-0.25, -0.2) is 9.59 Å². The molecule has 0 aliphatic heterocycles. The van der Waals surface area contributed by atoms with Crippen molar-refractivity contribution >= 4 is 24.2 Å². The molecule has 0 bridgehead atoms. The standard InChI is InChI=1S/C28H43NO10/c1-7-8-23(30)37-16-19(6)24(25(29)26(31)32)20-9-10-21(38-27(33)35-13-11-17(2)3)22(15-20)39-28(34)36-14-12-18(4)5/h9-10,15,17-19,24-25H,7-8,11-14,16,29H2,1-6H3,(H,31,32)/t19?,24?,25-/m0/s1. The van der Waals surface area contributed by atoms with Crippen molar-refractivity contribution in [2.24, 2.45) is 23.5 Å². The Labute approximate surface area is 230 Å². The van der Waals surface area contributed by atoms with Gasteiger partial charge in [0, 0.05) is 12.3 Å². The molecule has 0 fully saturated rings. The summed E-state index contributed by atoms with van der Waals surface area (Å²) >= 11 is 0. The Hall–Kier alpha value is -3.34. The molecule has 0 aliphatic carbocycles. The molecule has 11 nitrogen and oxygen atoms in total. The van der Waals surface area contributed by atoms with Gasteiger partial charge in [-0.05, 0) is 54.7 Å². The van der Waals surface area contributed by atoms with E-state index >= 15 is 0 Å². The molecule has 0 amide bonds. The van der Waals surface area contributed by atoms with E-state index in [4.69, 9.17) is 29.4 Å². The molecule has 0 saturated carbocycles. The predicted molar refractivity (Wildman–Crippen MR) is 143 cm³/mol. The Bertz CT molecular complexity index is 946. The zero-order valence-electron chi connectivity index (χ0n) is 23.8. The fraction of sp³-hybridized carbons (Fsp3) is 0.643. The molecule has 2 unspecified atom stereocenters. The molecule has 220 valence electrons. The minimum absolute atomic E-state index is 0.0711. The van der Waals surface area contributed by atoms with E-state index in [1.165, 1.54) is 18.2 Å². The number of ether oxygens (including phenoxy) is 5. The summed E-state index contributed by atoms with van der Waals surface area (Å²) < 4.78 is 26.1. The highest BCUT2D eigenvalue weighted by molar-refractivity contribution is 5.75. The fourth-order valence-electron chi connectivity index (χ4n) is 3.54. The van der Waals surface area contributed by atoms with E-state index < -0.39 is 42.1 Å². The summed E-state index contributed by atoms with van der Waals surface area (Å²) in [5.41, 5.74) is 6.39. The summed E-state index contributed by atoms with van der Waals surface area (Å²) in [5.74, 6) is -2.73. The quantitative estimate of drug-likeness (QED) is 0.155. The average molecular weight is 554 g/mol. The van der Waals surface area contributed by atoms with Crippen LogP contribution in [0, 0.1) is 17.8 Å². The van der Waals surface area contributed by atoms with Gasteiger partial charge in [0.2, 0.25) is 0 Å². The van der Waals surface area contributed by atoms with E-state index in [-0.39, 0.29) is 37.7 Å². The molecule has 39 heavy (non-hydrogen) atoms. The maximum absolute atomic E-state index is 12.4. The summed E-state index contributed by atoms with van der Waals surface area (Å²) in [6, 6.07) is 2.85. The highest BCUT2D eigenvalue weighted by atomic mass is 16.7. The van der Waals surface area contributed by atoms with Crippen LogP contribution in [-0.4, -0.2) is 55.2 Å². The van der Waals surface area contributed by atoms with Crippen LogP contribution in [0.3, 0.4) is 0 Å². The Morgan fingerprint density at radius 1 is 0.846 bits per heavy atom. The van der Waals surface area contributed by atoms with E-state index in [9.17, 15) is 24.3 Å². The van der Waals surface area contributed by atoms with Gasteiger partial charge in [-0.2, -0.15) is 0 Å². The summed E-state index contributed by atoms with van der Waals surface area (Å²) in [7, 11) is 0. The lowest BCUT2D eigenvalue weighted by Gasteiger charge is -2.28. The number of aliphatic carboxylic acids is 1. The van der Waals surface area contributed by atoms with Crippen LogP contribution in [-0.2, 0) is 23.8 Å². The predicted octanol–water partition coefficient (Wildman–Crippen LogP) is 5.28. The lowest BCUT2D eigenvalue weighted by atomic mass is 9.82. The van der Waals surface area contributed by atoms with Gasteiger partial charge in [-0.3, -0.25) is 9.59 Å². The Kier molecular flexibility index (Phi) is 14.9. The molecule has 0 radical (unpaired) electrons. The number of nitrogens with two attached hydrogens (primary N) is 1. The van der Waals surface area contributed by atoms with Crippen LogP contribution in [0.1, 0.15) is 78.7 Å². The second-order valence-corrected chi connectivity index (χ2v) is 10.3. The van der Waals surface area contributed by atoms with Crippen LogP contribution in [0.25, 0.3) is 0 Å². The second kappa shape index (κ2) is 17.3. The van der Waals surface area contributed by atoms with Crippen molar-refractivity contribution in [2.45, 2.75) is 79.2 Å². The number of hydrogen-bond donors (Lipinski definition) is 2. The third-order valence-corrected chi connectivity index (χ3v) is 5.82. The first-order valence-corrected chi connectivity index (χ1v) is 13.3. The van der Waals surface area contributed by atoms with Crippen molar-refractivity contribution in [2.75, 3.05) is 19.8 Å². The molecule has 1 aromatic carbocycles. The molecule has 3 N–H and O–H groups in total. The molecule has 0 heterocycles. The number of carbonyl (C=O) groups is 4. The normalized spacial score (nSPS) is 13.4. The highest BCUT2D eigenvalue weighted by Crippen LogP contribution is 2.36. The Morgan fingerprint density at radius 3 is 1.87 bits per heavy atom. The maximum atomic E-state index is 12.4. The van der Waals surface area contributed by atoms with Gasteiger partial charge >= 0.3 is 24.2 Å². The number of carboxylic acids is 1. The van der Waals surface area contributed by atoms with E-state index in [1.54, 1.807) is 6.92 Å². The van der Waals surface area contributed by atoms with E-state index in [2.05, 4.69) is 0 Å². The van der Waals surface area contributed by atoms with Gasteiger partial charge in [0.15, 0.2) is 11.5 Å². The van der Waals surface area contributed by atoms with Gasteiger partial charge < -0.3 is 34.5 Å². The number of esters is 1. The molecule has 3 atom stereocenters. The molecule has 0 aliphatic rings. The van der Waals surface area contributed by atoms with Crippen molar-refractivity contribution in [3.8, 4) is 11.5 Å². The lowest BCUT2D eigenvalue weighted by Crippen LogP contribution is -2.40. The SMILES string of the molecule is CCCC(=O)OCC(C)C(c1ccc(OC(=O)OCCC(C)C)c(OC(=O)OCCC(C)C)c1)[C@H](N)C(=O)O. The molecular formula is C28H43NO10. The van der Waals surface area contributed by atoms with Crippen molar-refractivity contribution < 1.29 is 48.0 Å². The average Bonchev–Trinajstić information content (AvgIpc) is 2.84. The lowest BCUT2D eigenvalue weighted by molar-refractivity contribution is -0.145.